The van der Waals surface area contributed by atoms with Gasteiger partial charge in [-0.1, -0.05) is 26.0 Å². The molecule has 1 amide bonds. The number of fused-ring (bicyclic) bond motifs is 3. The molecule has 3 aliphatic carbocycles. The van der Waals surface area contributed by atoms with Crippen molar-refractivity contribution in [3.63, 3.8) is 0 Å². The van der Waals surface area contributed by atoms with Crippen LogP contribution in [-0.4, -0.2) is 83.5 Å². The topological polar surface area (TPSA) is 176 Å². The molecule has 11 heteroatoms. The van der Waals surface area contributed by atoms with Crippen molar-refractivity contribution in [2.75, 3.05) is 27.7 Å². The average molecular weight is 606 g/mol. The fraction of sp³-hybridized carbons (Fsp3) is 0.485. The molecule has 0 radical (unpaired) electrons. The number of carbonyl (C=O) groups is 5. The molecule has 0 spiro atoms. The number of nitrogens with two attached hydrogens (primary N) is 1. The third-order valence-electron chi connectivity index (χ3n) is 9.38. The lowest BCUT2D eigenvalue weighted by Crippen LogP contribution is -2.74. The molecular formula is C33H39N3O8. The van der Waals surface area contributed by atoms with E-state index in [0.29, 0.717) is 34.9 Å². The van der Waals surface area contributed by atoms with Crippen LogP contribution in [0.2, 0.25) is 0 Å². The first-order chi connectivity index (χ1) is 20.7. The van der Waals surface area contributed by atoms with E-state index in [1.807, 2.05) is 18.2 Å². The average Bonchev–Trinajstić information content (AvgIpc) is 2.94. The van der Waals surface area contributed by atoms with Crippen molar-refractivity contribution in [3.05, 3.63) is 47.0 Å². The number of rotatable bonds is 8. The summed E-state index contributed by atoms with van der Waals surface area (Å²) in [5.41, 5.74) is 5.43. The molecule has 0 saturated heterocycles. The van der Waals surface area contributed by atoms with E-state index in [1.165, 1.54) is 11.0 Å². The Bertz CT molecular complexity index is 1570. The van der Waals surface area contributed by atoms with Crippen LogP contribution in [0.15, 0.2) is 30.3 Å². The highest BCUT2D eigenvalue weighted by Crippen LogP contribution is 2.52. The van der Waals surface area contributed by atoms with Crippen molar-refractivity contribution in [2.45, 2.75) is 44.9 Å². The Morgan fingerprint density at radius 3 is 2.43 bits per heavy atom. The van der Waals surface area contributed by atoms with Crippen LogP contribution in [0.1, 0.15) is 41.8 Å². The van der Waals surface area contributed by atoms with E-state index in [2.05, 4.69) is 19.2 Å². The first-order valence-electron chi connectivity index (χ1n) is 14.8. The zero-order valence-electron chi connectivity index (χ0n) is 25.5. The number of hydrogen-bond acceptors (Lipinski definition) is 10. The van der Waals surface area contributed by atoms with Crippen LogP contribution in [0.4, 0.5) is 0 Å². The highest BCUT2D eigenvalue weighted by molar-refractivity contribution is 6.32. The summed E-state index contributed by atoms with van der Waals surface area (Å²) in [5, 5.41) is 26.1. The molecule has 2 fully saturated rings. The van der Waals surface area contributed by atoms with Gasteiger partial charge >= 0.3 is 0 Å². The van der Waals surface area contributed by atoms with Crippen LogP contribution < -0.4 is 15.8 Å². The Labute approximate surface area is 255 Å². The number of likely N-dealkylation sites (N-methyl/N-ethyl adjacent to an activating group) is 1. The van der Waals surface area contributed by atoms with E-state index >= 15 is 0 Å². The molecule has 11 nitrogen and oxygen atoms in total. The maximum Gasteiger partial charge on any atom is 0.235 e. The molecule has 3 aliphatic rings. The van der Waals surface area contributed by atoms with Crippen LogP contribution in [0.25, 0.3) is 11.1 Å². The highest BCUT2D eigenvalue weighted by Gasteiger charge is 2.69. The maximum absolute atomic E-state index is 14.1. The molecule has 0 bridgehead atoms. The summed E-state index contributed by atoms with van der Waals surface area (Å²) >= 11 is 0. The number of benzene rings is 2. The number of primary amides is 1. The number of amides is 1. The fourth-order valence-corrected chi connectivity index (χ4v) is 7.44. The van der Waals surface area contributed by atoms with E-state index in [4.69, 9.17) is 10.5 Å². The minimum atomic E-state index is -2.76. The summed E-state index contributed by atoms with van der Waals surface area (Å²) in [4.78, 5) is 68.6. The number of ketones is 4. The van der Waals surface area contributed by atoms with Crippen molar-refractivity contribution in [3.8, 4) is 22.6 Å². The van der Waals surface area contributed by atoms with Gasteiger partial charge in [-0.2, -0.15) is 0 Å². The molecule has 5 rings (SSSR count). The van der Waals surface area contributed by atoms with E-state index < -0.39 is 64.4 Å². The monoisotopic (exact) mass is 605 g/mol. The number of hydrogen-bond donors (Lipinski definition) is 4. The summed E-state index contributed by atoms with van der Waals surface area (Å²) in [7, 11) is 4.66. The van der Waals surface area contributed by atoms with Gasteiger partial charge in [-0.25, -0.2) is 0 Å². The Morgan fingerprint density at radius 2 is 1.82 bits per heavy atom. The van der Waals surface area contributed by atoms with Gasteiger partial charge in [0.15, 0.2) is 34.7 Å². The van der Waals surface area contributed by atoms with Crippen LogP contribution in [-0.2, 0) is 32.1 Å². The number of aromatic hydroxyl groups is 1. The predicted molar refractivity (Wildman–Crippen MR) is 160 cm³/mol. The Hall–Kier alpha value is -3.93. The third kappa shape index (κ3) is 4.83. The van der Waals surface area contributed by atoms with Crippen molar-refractivity contribution in [2.24, 2.45) is 35.3 Å². The second-order valence-corrected chi connectivity index (χ2v) is 12.8. The molecule has 6 atom stereocenters. The normalized spacial score (nSPS) is 28.1. The van der Waals surface area contributed by atoms with Gasteiger partial charge in [0.1, 0.15) is 11.5 Å². The largest absolute Gasteiger partial charge is 0.507 e. The van der Waals surface area contributed by atoms with Gasteiger partial charge in [-0.05, 0) is 80.2 Å². The SMILES string of the molecule is COc1ccc(CNCC(C)C)cc1-c1ccc(O)c2c1CC1CC3C(N(C)C)C(=O)C(C(N)=O)C(=O)C3(O)C(=O)C1C2=O. The number of Topliss-reactive ketones (excluding diaryl/α,β-unsaturated/α-hetero) is 4. The Kier molecular flexibility index (Phi) is 8.25. The summed E-state index contributed by atoms with van der Waals surface area (Å²) in [5.74, 6) is -9.73. The highest BCUT2D eigenvalue weighted by atomic mass is 16.5. The Balaban J connectivity index is 1.61. The second kappa shape index (κ2) is 11.5. The van der Waals surface area contributed by atoms with E-state index in [9.17, 15) is 34.2 Å². The van der Waals surface area contributed by atoms with Crippen molar-refractivity contribution in [1.29, 1.82) is 0 Å². The lowest BCUT2D eigenvalue weighted by Gasteiger charge is -2.52. The minimum absolute atomic E-state index is 0.0186. The van der Waals surface area contributed by atoms with Crippen LogP contribution >= 0.6 is 0 Å². The zero-order chi connectivity index (χ0) is 32.2. The molecule has 6 unspecified atom stereocenters. The van der Waals surface area contributed by atoms with Crippen molar-refractivity contribution in [1.82, 2.24) is 10.2 Å². The maximum atomic E-state index is 14.1. The minimum Gasteiger partial charge on any atom is -0.507 e. The molecule has 0 aromatic heterocycles. The first-order valence-corrected chi connectivity index (χ1v) is 14.8. The predicted octanol–water partition coefficient (Wildman–Crippen LogP) is 1.29. The summed E-state index contributed by atoms with van der Waals surface area (Å²) < 4.78 is 5.67. The number of nitrogens with zero attached hydrogens (tertiary/aromatic N) is 1. The first kappa shape index (κ1) is 31.5. The van der Waals surface area contributed by atoms with Gasteiger partial charge in [-0.15, -0.1) is 0 Å². The van der Waals surface area contributed by atoms with Crippen LogP contribution in [0.5, 0.6) is 11.5 Å². The quantitative estimate of drug-likeness (QED) is 0.321. The third-order valence-corrected chi connectivity index (χ3v) is 9.38. The standard InChI is InChI=1S/C33H39N3O8/c1-15(2)13-35-14-16-6-9-23(44-5)19(10-16)18-7-8-22(37)25-20(18)11-17-12-21-27(36(3)4)29(39)26(32(34)42)31(41)33(21,43)30(40)24(17)28(25)38/h6-10,15,17,21,24,26-27,35,37,43H,11-14H2,1-5H3,(H2,34,42). The number of carbonyl (C=O) groups excluding carboxylic acids is 5. The molecule has 234 valence electrons. The molecule has 44 heavy (non-hydrogen) atoms. The van der Waals surface area contributed by atoms with Crippen molar-refractivity contribution >= 4 is 29.0 Å². The van der Waals surface area contributed by atoms with Gasteiger partial charge in [0.2, 0.25) is 5.91 Å². The lowest BCUT2D eigenvalue weighted by molar-refractivity contribution is -0.181. The molecule has 2 aromatic carbocycles. The zero-order valence-corrected chi connectivity index (χ0v) is 25.5. The summed E-state index contributed by atoms with van der Waals surface area (Å²) in [6, 6.07) is 7.69. The fourth-order valence-electron chi connectivity index (χ4n) is 7.44. The molecule has 5 N–H and O–H groups in total. The van der Waals surface area contributed by atoms with Gasteiger partial charge in [0.25, 0.3) is 0 Å². The molecule has 0 heterocycles. The van der Waals surface area contributed by atoms with E-state index in [-0.39, 0.29) is 24.2 Å². The second-order valence-electron chi connectivity index (χ2n) is 12.8. The number of methoxy groups -OCH3 is 1. The van der Waals surface area contributed by atoms with Crippen molar-refractivity contribution < 1.29 is 38.9 Å². The smallest absolute Gasteiger partial charge is 0.235 e. The number of phenols is 1. The number of nitrogens with one attached hydrogen (secondary N) is 1. The molecule has 2 saturated carbocycles. The number of aliphatic hydroxyl groups is 1. The van der Waals surface area contributed by atoms with Gasteiger partial charge in [0, 0.05) is 18.0 Å². The number of ether oxygens (including phenoxy) is 1. The van der Waals surface area contributed by atoms with E-state index in [0.717, 1.165) is 12.1 Å². The summed E-state index contributed by atoms with van der Waals surface area (Å²) in [6.45, 7) is 5.67. The molecule has 2 aromatic rings. The number of phenolic OH excluding ortho intramolecular Hbond substituents is 1. The van der Waals surface area contributed by atoms with Crippen LogP contribution in [0, 0.1) is 29.6 Å². The van der Waals surface area contributed by atoms with Gasteiger partial charge in [0.05, 0.1) is 24.6 Å². The van der Waals surface area contributed by atoms with Gasteiger partial charge < -0.3 is 26.0 Å². The van der Waals surface area contributed by atoms with Crippen LogP contribution in [0.3, 0.4) is 0 Å². The van der Waals surface area contributed by atoms with E-state index in [1.54, 1.807) is 27.3 Å². The molecular weight excluding hydrogens is 566 g/mol. The lowest BCUT2D eigenvalue weighted by atomic mass is 9.52. The molecule has 0 aliphatic heterocycles. The van der Waals surface area contributed by atoms with Gasteiger partial charge in [-0.3, -0.25) is 28.9 Å². The Morgan fingerprint density at radius 1 is 1.11 bits per heavy atom. The summed E-state index contributed by atoms with van der Waals surface area (Å²) in [6.07, 6.45) is 0.143.